The van der Waals surface area contributed by atoms with Gasteiger partial charge in [0, 0.05) is 17.8 Å². The zero-order valence-corrected chi connectivity index (χ0v) is 10.2. The summed E-state index contributed by atoms with van der Waals surface area (Å²) < 4.78 is 20.0. The molecule has 0 saturated heterocycles. The lowest BCUT2D eigenvalue weighted by molar-refractivity contribution is -0.136. The van der Waals surface area contributed by atoms with Crippen LogP contribution in [0.25, 0.3) is 0 Å². The molecule has 0 bridgehead atoms. The van der Waals surface area contributed by atoms with Gasteiger partial charge in [0.05, 0.1) is 25.8 Å². The molecule has 1 aromatic heterocycles. The lowest BCUT2D eigenvalue weighted by Crippen LogP contribution is -2.03. The topological polar surface area (TPSA) is 77.2 Å². The van der Waals surface area contributed by atoms with Crippen molar-refractivity contribution in [1.82, 2.24) is 15.0 Å². The Morgan fingerprint density at radius 3 is 2.95 bits per heavy atom. The number of rotatable bonds is 5. The first-order chi connectivity index (χ1) is 9.08. The molecule has 0 fully saturated rings. The van der Waals surface area contributed by atoms with E-state index < -0.39 is 11.8 Å². The number of ether oxygens (including phenoxy) is 1. The highest BCUT2D eigenvalue weighted by molar-refractivity contribution is 5.69. The van der Waals surface area contributed by atoms with Crippen LogP contribution in [0.1, 0.15) is 11.3 Å². The molecule has 7 heteroatoms. The highest BCUT2D eigenvalue weighted by Gasteiger charge is 2.08. The van der Waals surface area contributed by atoms with Crippen LogP contribution < -0.4 is 4.74 Å². The van der Waals surface area contributed by atoms with E-state index in [1.807, 2.05) is 0 Å². The predicted octanol–water partition coefficient (Wildman–Crippen LogP) is 1.10. The number of hydrogen-bond acceptors (Lipinski definition) is 4. The van der Waals surface area contributed by atoms with E-state index in [0.29, 0.717) is 17.0 Å². The second-order valence-corrected chi connectivity index (χ2v) is 3.94. The maximum Gasteiger partial charge on any atom is 0.309 e. The summed E-state index contributed by atoms with van der Waals surface area (Å²) in [5.41, 5.74) is 0.758. The molecule has 0 amide bonds. The maximum absolute atomic E-state index is 13.7. The van der Waals surface area contributed by atoms with Crippen LogP contribution in [-0.4, -0.2) is 33.2 Å². The van der Waals surface area contributed by atoms with Gasteiger partial charge in [0.25, 0.3) is 0 Å². The largest absolute Gasteiger partial charge is 0.497 e. The third kappa shape index (κ3) is 3.27. The number of carboxylic acids is 1. The Kier molecular flexibility index (Phi) is 3.74. The number of hydrogen-bond donors (Lipinski definition) is 1. The van der Waals surface area contributed by atoms with E-state index in [1.165, 1.54) is 24.1 Å². The summed E-state index contributed by atoms with van der Waals surface area (Å²) in [5.74, 6) is -0.955. The van der Waals surface area contributed by atoms with Crippen LogP contribution in [-0.2, 0) is 17.8 Å². The van der Waals surface area contributed by atoms with Crippen molar-refractivity contribution in [3.05, 3.63) is 41.5 Å². The summed E-state index contributed by atoms with van der Waals surface area (Å²) in [6, 6.07) is 4.52. The van der Waals surface area contributed by atoms with Gasteiger partial charge in [0.15, 0.2) is 0 Å². The zero-order valence-electron chi connectivity index (χ0n) is 10.2. The summed E-state index contributed by atoms with van der Waals surface area (Å²) >= 11 is 0. The van der Waals surface area contributed by atoms with E-state index in [4.69, 9.17) is 9.84 Å². The molecule has 2 rings (SSSR count). The lowest BCUT2D eigenvalue weighted by Gasteiger charge is -2.05. The van der Waals surface area contributed by atoms with Crippen molar-refractivity contribution in [3.63, 3.8) is 0 Å². The highest BCUT2D eigenvalue weighted by Crippen LogP contribution is 2.16. The van der Waals surface area contributed by atoms with Crippen LogP contribution in [0.2, 0.25) is 0 Å². The highest BCUT2D eigenvalue weighted by atomic mass is 19.1. The van der Waals surface area contributed by atoms with E-state index >= 15 is 0 Å². The fourth-order valence-corrected chi connectivity index (χ4v) is 1.61. The number of methoxy groups -OCH3 is 1. The molecule has 1 aromatic carbocycles. The molecule has 0 unspecified atom stereocenters. The van der Waals surface area contributed by atoms with Crippen LogP contribution in [0.3, 0.4) is 0 Å². The monoisotopic (exact) mass is 265 g/mol. The van der Waals surface area contributed by atoms with Gasteiger partial charge < -0.3 is 9.84 Å². The summed E-state index contributed by atoms with van der Waals surface area (Å²) in [7, 11) is 1.46. The molecule has 100 valence electrons. The molecule has 0 aliphatic rings. The van der Waals surface area contributed by atoms with Crippen LogP contribution >= 0.6 is 0 Å². The normalized spacial score (nSPS) is 10.4. The number of aromatic nitrogens is 3. The molecule has 2 aromatic rings. The Morgan fingerprint density at radius 1 is 1.53 bits per heavy atom. The van der Waals surface area contributed by atoms with Crippen molar-refractivity contribution in [1.29, 1.82) is 0 Å². The molecule has 0 radical (unpaired) electrons. The van der Waals surface area contributed by atoms with Gasteiger partial charge in [0.2, 0.25) is 0 Å². The SMILES string of the molecule is COc1ccc(Cn2cc(CC(=O)O)nn2)c(F)c1. The van der Waals surface area contributed by atoms with E-state index in [0.717, 1.165) is 0 Å². The van der Waals surface area contributed by atoms with Crippen LogP contribution in [0.4, 0.5) is 4.39 Å². The average molecular weight is 265 g/mol. The van der Waals surface area contributed by atoms with Gasteiger partial charge in [-0.3, -0.25) is 4.79 Å². The third-order valence-corrected chi connectivity index (χ3v) is 2.51. The molecule has 19 heavy (non-hydrogen) atoms. The van der Waals surface area contributed by atoms with Crippen LogP contribution in [0, 0.1) is 5.82 Å². The standard InChI is InChI=1S/C12H12FN3O3/c1-19-10-3-2-8(11(13)5-10)6-16-7-9(14-15-16)4-12(17)18/h2-3,5,7H,4,6H2,1H3,(H,17,18). The van der Waals surface area contributed by atoms with E-state index in [1.54, 1.807) is 12.1 Å². The van der Waals surface area contributed by atoms with Gasteiger partial charge >= 0.3 is 5.97 Å². The fourth-order valence-electron chi connectivity index (χ4n) is 1.61. The van der Waals surface area contributed by atoms with Crippen molar-refractivity contribution >= 4 is 5.97 Å². The second kappa shape index (κ2) is 5.47. The minimum atomic E-state index is -0.984. The summed E-state index contributed by atoms with van der Waals surface area (Å²) in [6.45, 7) is 0.183. The third-order valence-electron chi connectivity index (χ3n) is 2.51. The average Bonchev–Trinajstić information content (AvgIpc) is 2.78. The van der Waals surface area contributed by atoms with Gasteiger partial charge in [-0.2, -0.15) is 0 Å². The quantitative estimate of drug-likeness (QED) is 0.876. The second-order valence-electron chi connectivity index (χ2n) is 3.94. The molecule has 1 heterocycles. The Hall–Kier alpha value is -2.44. The first-order valence-corrected chi connectivity index (χ1v) is 5.51. The lowest BCUT2D eigenvalue weighted by atomic mass is 10.2. The van der Waals surface area contributed by atoms with Gasteiger partial charge in [-0.15, -0.1) is 5.10 Å². The van der Waals surface area contributed by atoms with Gasteiger partial charge in [0.1, 0.15) is 11.6 Å². The van der Waals surface area contributed by atoms with Crippen LogP contribution in [0.5, 0.6) is 5.75 Å². The number of benzene rings is 1. The molecule has 0 atom stereocenters. The molecule has 0 spiro atoms. The number of halogens is 1. The Morgan fingerprint density at radius 2 is 2.32 bits per heavy atom. The number of carboxylic acid groups (broad SMARTS) is 1. The van der Waals surface area contributed by atoms with E-state index in [-0.39, 0.29) is 13.0 Å². The Balaban J connectivity index is 2.12. The van der Waals surface area contributed by atoms with Gasteiger partial charge in [-0.1, -0.05) is 11.3 Å². The smallest absolute Gasteiger partial charge is 0.309 e. The molecular weight excluding hydrogens is 253 g/mol. The summed E-state index contributed by atoms with van der Waals surface area (Å²) in [5, 5.41) is 16.1. The number of nitrogens with zero attached hydrogens (tertiary/aromatic N) is 3. The maximum atomic E-state index is 13.7. The fraction of sp³-hybridized carbons (Fsp3) is 0.250. The predicted molar refractivity (Wildman–Crippen MR) is 63.4 cm³/mol. The Labute approximate surface area is 108 Å². The Bertz CT molecular complexity index is 598. The van der Waals surface area contributed by atoms with Crippen molar-refractivity contribution < 1.29 is 19.0 Å². The minimum Gasteiger partial charge on any atom is -0.497 e. The molecule has 1 N–H and O–H groups in total. The van der Waals surface area contributed by atoms with E-state index in [2.05, 4.69) is 10.3 Å². The molecule has 6 nitrogen and oxygen atoms in total. The van der Waals surface area contributed by atoms with Gasteiger partial charge in [-0.05, 0) is 6.07 Å². The molecule has 0 aliphatic heterocycles. The molecule has 0 aliphatic carbocycles. The van der Waals surface area contributed by atoms with Crippen molar-refractivity contribution in [2.45, 2.75) is 13.0 Å². The van der Waals surface area contributed by atoms with Crippen molar-refractivity contribution in [2.75, 3.05) is 7.11 Å². The van der Waals surface area contributed by atoms with Gasteiger partial charge in [-0.25, -0.2) is 9.07 Å². The summed E-state index contributed by atoms with van der Waals surface area (Å²) in [6.07, 6.45) is 1.28. The first-order valence-electron chi connectivity index (χ1n) is 5.51. The number of aliphatic carboxylic acids is 1. The number of carbonyl (C=O) groups is 1. The molecular formula is C12H12FN3O3. The zero-order chi connectivity index (χ0) is 13.8. The van der Waals surface area contributed by atoms with Crippen LogP contribution in [0.15, 0.2) is 24.4 Å². The minimum absolute atomic E-state index is 0.183. The van der Waals surface area contributed by atoms with Crippen molar-refractivity contribution in [3.8, 4) is 5.75 Å². The molecule has 0 saturated carbocycles. The first kappa shape index (κ1) is 13.0. The van der Waals surface area contributed by atoms with Crippen molar-refractivity contribution in [2.24, 2.45) is 0 Å². The summed E-state index contributed by atoms with van der Waals surface area (Å²) in [4.78, 5) is 10.5. The van der Waals surface area contributed by atoms with E-state index in [9.17, 15) is 9.18 Å².